The topological polar surface area (TPSA) is 35.6 Å². The number of anilines is 1. The van der Waals surface area contributed by atoms with Crippen LogP contribution >= 0.6 is 0 Å². The van der Waals surface area contributed by atoms with Crippen LogP contribution in [0.15, 0.2) is 54.6 Å². The summed E-state index contributed by atoms with van der Waals surface area (Å²) >= 11 is 0. The summed E-state index contributed by atoms with van der Waals surface area (Å²) in [6.07, 6.45) is -4.54. The van der Waals surface area contributed by atoms with Crippen molar-refractivity contribution < 1.29 is 18.0 Å². The lowest BCUT2D eigenvalue weighted by molar-refractivity contribution is -0.137. The molecule has 1 heterocycles. The first-order valence-corrected chi connectivity index (χ1v) is 8.92. The van der Waals surface area contributed by atoms with Crippen molar-refractivity contribution in [1.29, 1.82) is 0 Å². The lowest BCUT2D eigenvalue weighted by Crippen LogP contribution is -2.48. The van der Waals surface area contributed by atoms with Crippen LogP contribution in [0.3, 0.4) is 0 Å². The molecule has 1 fully saturated rings. The second kappa shape index (κ2) is 8.43. The highest BCUT2D eigenvalue weighted by molar-refractivity contribution is 5.95. The zero-order chi connectivity index (χ0) is 19.3. The molecule has 7 heteroatoms. The summed E-state index contributed by atoms with van der Waals surface area (Å²) in [6, 6.07) is 15.0. The predicted octanol–water partition coefficient (Wildman–Crippen LogP) is 3.26. The Bertz CT molecular complexity index is 757. The maximum absolute atomic E-state index is 13.0. The molecule has 1 aliphatic heterocycles. The summed E-state index contributed by atoms with van der Waals surface area (Å²) in [7, 11) is 0. The van der Waals surface area contributed by atoms with E-state index in [1.54, 1.807) is 0 Å². The molecule has 1 amide bonds. The second-order valence-electron chi connectivity index (χ2n) is 6.46. The van der Waals surface area contributed by atoms with Gasteiger partial charge in [0.05, 0.1) is 11.1 Å². The second-order valence-corrected chi connectivity index (χ2v) is 6.46. The molecule has 2 aromatic rings. The van der Waals surface area contributed by atoms with Gasteiger partial charge in [-0.15, -0.1) is 0 Å². The van der Waals surface area contributed by atoms with Crippen LogP contribution in [0, 0.1) is 0 Å². The molecule has 27 heavy (non-hydrogen) atoms. The number of hydrogen-bond donors (Lipinski definition) is 1. The van der Waals surface area contributed by atoms with Crippen molar-refractivity contribution >= 4 is 11.6 Å². The minimum absolute atomic E-state index is 0.316. The molecule has 0 aliphatic carbocycles. The third kappa shape index (κ3) is 5.01. The van der Waals surface area contributed by atoms with E-state index in [0.29, 0.717) is 13.1 Å². The first kappa shape index (κ1) is 19.2. The van der Waals surface area contributed by atoms with Gasteiger partial charge in [-0.05, 0) is 24.3 Å². The summed E-state index contributed by atoms with van der Waals surface area (Å²) in [5.74, 6) is -0.689. The highest BCUT2D eigenvalue weighted by Crippen LogP contribution is 2.31. The summed E-state index contributed by atoms with van der Waals surface area (Å²) in [5.41, 5.74) is -0.0490. The van der Waals surface area contributed by atoms with E-state index in [1.165, 1.54) is 23.9 Å². The molecule has 4 nitrogen and oxygen atoms in total. The molecule has 1 N–H and O–H groups in total. The number of carbonyl (C=O) groups excluding carboxylic acids is 1. The quantitative estimate of drug-likeness (QED) is 0.869. The molecule has 2 aromatic carbocycles. The van der Waals surface area contributed by atoms with Gasteiger partial charge >= 0.3 is 6.18 Å². The molecule has 1 aliphatic rings. The van der Waals surface area contributed by atoms with E-state index in [-0.39, 0.29) is 5.56 Å². The van der Waals surface area contributed by atoms with E-state index >= 15 is 0 Å². The van der Waals surface area contributed by atoms with Gasteiger partial charge in [-0.25, -0.2) is 0 Å². The third-order valence-electron chi connectivity index (χ3n) is 4.68. The third-order valence-corrected chi connectivity index (χ3v) is 4.68. The maximum atomic E-state index is 13.0. The Morgan fingerprint density at radius 2 is 1.56 bits per heavy atom. The Kier molecular flexibility index (Phi) is 6.01. The minimum Gasteiger partial charge on any atom is -0.369 e. The van der Waals surface area contributed by atoms with Gasteiger partial charge in [-0.1, -0.05) is 30.3 Å². The van der Waals surface area contributed by atoms with Gasteiger partial charge in [-0.2, -0.15) is 13.2 Å². The van der Waals surface area contributed by atoms with Crippen molar-refractivity contribution in [3.8, 4) is 0 Å². The number of alkyl halides is 3. The molecule has 1 saturated heterocycles. The Balaban J connectivity index is 1.47. The van der Waals surface area contributed by atoms with E-state index in [1.807, 2.05) is 18.2 Å². The largest absolute Gasteiger partial charge is 0.417 e. The predicted molar refractivity (Wildman–Crippen MR) is 98.9 cm³/mol. The smallest absolute Gasteiger partial charge is 0.369 e. The van der Waals surface area contributed by atoms with Gasteiger partial charge < -0.3 is 10.2 Å². The first-order valence-electron chi connectivity index (χ1n) is 8.92. The van der Waals surface area contributed by atoms with Crippen molar-refractivity contribution in [3.05, 3.63) is 65.7 Å². The average Bonchev–Trinajstić information content (AvgIpc) is 2.68. The number of piperazine rings is 1. The fourth-order valence-electron chi connectivity index (χ4n) is 3.22. The molecular weight excluding hydrogens is 355 g/mol. The van der Waals surface area contributed by atoms with Crippen molar-refractivity contribution in [2.75, 3.05) is 44.2 Å². The van der Waals surface area contributed by atoms with Crippen molar-refractivity contribution in [1.82, 2.24) is 10.2 Å². The highest BCUT2D eigenvalue weighted by Gasteiger charge is 2.34. The van der Waals surface area contributed by atoms with Gasteiger partial charge in [0.2, 0.25) is 0 Å². The number of carbonyl (C=O) groups is 1. The monoisotopic (exact) mass is 377 g/mol. The lowest BCUT2D eigenvalue weighted by Gasteiger charge is -2.36. The number of nitrogens with one attached hydrogen (secondary N) is 1. The molecule has 0 radical (unpaired) electrons. The van der Waals surface area contributed by atoms with Crippen molar-refractivity contribution in [3.63, 3.8) is 0 Å². The summed E-state index contributed by atoms with van der Waals surface area (Å²) in [6.45, 7) is 4.40. The van der Waals surface area contributed by atoms with Crippen LogP contribution in [0.1, 0.15) is 15.9 Å². The van der Waals surface area contributed by atoms with E-state index < -0.39 is 17.6 Å². The van der Waals surface area contributed by atoms with Gasteiger partial charge in [0.25, 0.3) is 5.91 Å². The van der Waals surface area contributed by atoms with Crippen LogP contribution in [0.2, 0.25) is 0 Å². The molecule has 0 unspecified atom stereocenters. The molecule has 0 atom stereocenters. The Morgan fingerprint density at radius 3 is 2.22 bits per heavy atom. The zero-order valence-corrected chi connectivity index (χ0v) is 14.9. The van der Waals surface area contributed by atoms with Gasteiger partial charge in [0.1, 0.15) is 0 Å². The normalized spacial score (nSPS) is 15.6. The van der Waals surface area contributed by atoms with Crippen LogP contribution in [-0.2, 0) is 6.18 Å². The van der Waals surface area contributed by atoms with Gasteiger partial charge in [0.15, 0.2) is 0 Å². The summed E-state index contributed by atoms with van der Waals surface area (Å²) in [4.78, 5) is 16.7. The summed E-state index contributed by atoms with van der Waals surface area (Å²) < 4.78 is 39.0. The standard InChI is InChI=1S/C20H22F3N3O/c21-20(22,23)18-9-5-4-8-17(18)19(27)24-10-11-25-12-14-26(15-13-25)16-6-2-1-3-7-16/h1-9H,10-15H2,(H,24,27). The molecule has 0 spiro atoms. The zero-order valence-electron chi connectivity index (χ0n) is 14.9. The fraction of sp³-hybridized carbons (Fsp3) is 0.350. The maximum Gasteiger partial charge on any atom is 0.417 e. The number of nitrogens with zero attached hydrogens (tertiary/aromatic N) is 2. The van der Waals surface area contributed by atoms with E-state index in [9.17, 15) is 18.0 Å². The molecule has 0 bridgehead atoms. The number of benzene rings is 2. The van der Waals surface area contributed by atoms with Gasteiger partial charge in [0, 0.05) is 45.0 Å². The summed E-state index contributed by atoms with van der Waals surface area (Å²) in [5, 5.41) is 2.61. The lowest BCUT2D eigenvalue weighted by atomic mass is 10.1. The molecule has 0 saturated carbocycles. The number of hydrogen-bond acceptors (Lipinski definition) is 3. The van der Waals surface area contributed by atoms with Crippen LogP contribution in [-0.4, -0.2) is 50.1 Å². The Hall–Kier alpha value is -2.54. The molecular formula is C20H22F3N3O. The number of halogens is 3. The van der Waals surface area contributed by atoms with Crippen LogP contribution in [0.25, 0.3) is 0 Å². The fourth-order valence-corrected chi connectivity index (χ4v) is 3.22. The van der Waals surface area contributed by atoms with Gasteiger partial charge in [-0.3, -0.25) is 9.69 Å². The van der Waals surface area contributed by atoms with Crippen LogP contribution in [0.5, 0.6) is 0 Å². The van der Waals surface area contributed by atoms with E-state index in [4.69, 9.17) is 0 Å². The number of para-hydroxylation sites is 1. The molecule has 3 rings (SSSR count). The minimum atomic E-state index is -4.54. The first-order chi connectivity index (χ1) is 12.9. The van der Waals surface area contributed by atoms with E-state index in [0.717, 1.165) is 32.2 Å². The Morgan fingerprint density at radius 1 is 0.926 bits per heavy atom. The number of rotatable bonds is 5. The molecule has 0 aromatic heterocycles. The average molecular weight is 377 g/mol. The van der Waals surface area contributed by atoms with Crippen molar-refractivity contribution in [2.45, 2.75) is 6.18 Å². The van der Waals surface area contributed by atoms with E-state index in [2.05, 4.69) is 27.2 Å². The Labute approximate surface area is 156 Å². The highest BCUT2D eigenvalue weighted by atomic mass is 19.4. The number of amides is 1. The van der Waals surface area contributed by atoms with Crippen molar-refractivity contribution in [2.24, 2.45) is 0 Å². The SMILES string of the molecule is O=C(NCCN1CCN(c2ccccc2)CC1)c1ccccc1C(F)(F)F. The van der Waals surface area contributed by atoms with Crippen LogP contribution in [0.4, 0.5) is 18.9 Å². The molecule has 144 valence electrons. The van der Waals surface area contributed by atoms with Crippen LogP contribution < -0.4 is 10.2 Å².